The van der Waals surface area contributed by atoms with E-state index in [2.05, 4.69) is 15.8 Å². The summed E-state index contributed by atoms with van der Waals surface area (Å²) >= 11 is 0. The largest absolute Gasteiger partial charge is 0.320 e. The lowest BCUT2D eigenvalue weighted by Gasteiger charge is -2.06. The van der Waals surface area contributed by atoms with Crippen LogP contribution >= 0.6 is 0 Å². The zero-order valence-electron chi connectivity index (χ0n) is 7.41. The molecule has 0 bridgehead atoms. The van der Waals surface area contributed by atoms with E-state index in [1.807, 2.05) is 37.4 Å². The number of fused-ring (bicyclic) bond motifs is 1. The summed E-state index contributed by atoms with van der Waals surface area (Å²) in [5.41, 5.74) is 7.91. The lowest BCUT2D eigenvalue weighted by Crippen LogP contribution is -2.15. The molecule has 0 aliphatic heterocycles. The maximum atomic E-state index is 4.30. The van der Waals surface area contributed by atoms with Crippen molar-refractivity contribution in [2.45, 2.75) is 0 Å². The van der Waals surface area contributed by atoms with Gasteiger partial charge in [-0.3, -0.25) is 4.98 Å². The topological polar surface area (TPSA) is 37.0 Å². The monoisotopic (exact) mass is 173 g/mol. The summed E-state index contributed by atoms with van der Waals surface area (Å²) in [6, 6.07) is 10.0. The molecule has 0 spiro atoms. The van der Waals surface area contributed by atoms with E-state index in [9.17, 15) is 0 Å². The van der Waals surface area contributed by atoms with E-state index in [4.69, 9.17) is 0 Å². The van der Waals surface area contributed by atoms with Crippen LogP contribution < -0.4 is 10.9 Å². The summed E-state index contributed by atoms with van der Waals surface area (Å²) in [5, 5.41) is 1.14. The highest BCUT2D eigenvalue weighted by molar-refractivity contribution is 5.89. The molecule has 2 aromatic rings. The van der Waals surface area contributed by atoms with Crippen LogP contribution in [0.1, 0.15) is 0 Å². The maximum Gasteiger partial charge on any atom is 0.0946 e. The van der Waals surface area contributed by atoms with Gasteiger partial charge in [-0.2, -0.15) is 0 Å². The average Bonchev–Trinajstić information content (AvgIpc) is 2.19. The molecular formula is C10H11N3. The Morgan fingerprint density at radius 2 is 2.00 bits per heavy atom. The summed E-state index contributed by atoms with van der Waals surface area (Å²) in [7, 11) is 1.84. The van der Waals surface area contributed by atoms with E-state index in [0.717, 1.165) is 16.6 Å². The predicted octanol–water partition coefficient (Wildman–Crippen LogP) is 1.78. The van der Waals surface area contributed by atoms with Crippen molar-refractivity contribution in [3.05, 3.63) is 36.5 Å². The number of nitrogens with zero attached hydrogens (tertiary/aromatic N) is 1. The fraction of sp³-hybridized carbons (Fsp3) is 0.100. The first-order valence-corrected chi connectivity index (χ1v) is 4.18. The molecule has 0 fully saturated rings. The van der Waals surface area contributed by atoms with Gasteiger partial charge in [0.05, 0.1) is 11.2 Å². The smallest absolute Gasteiger partial charge is 0.0946 e. The molecule has 1 aromatic heterocycles. The zero-order chi connectivity index (χ0) is 9.10. The molecule has 13 heavy (non-hydrogen) atoms. The third-order valence-corrected chi connectivity index (χ3v) is 1.89. The molecule has 0 amide bonds. The number of hydrogen-bond acceptors (Lipinski definition) is 3. The standard InChI is InChI=1S/C10H11N3/c1-11-13-9-6-2-4-8-5-3-7-12-10(8)9/h2-7,11,13H,1H3. The average molecular weight is 173 g/mol. The Labute approximate surface area is 76.8 Å². The van der Waals surface area contributed by atoms with E-state index in [1.165, 1.54) is 0 Å². The van der Waals surface area contributed by atoms with Crippen LogP contribution in [0.5, 0.6) is 0 Å². The summed E-state index contributed by atoms with van der Waals surface area (Å²) in [4.78, 5) is 4.30. The van der Waals surface area contributed by atoms with Crippen molar-refractivity contribution in [2.24, 2.45) is 0 Å². The van der Waals surface area contributed by atoms with Crippen LogP contribution in [-0.4, -0.2) is 12.0 Å². The number of aromatic nitrogens is 1. The molecule has 0 saturated heterocycles. The summed E-state index contributed by atoms with van der Waals surface area (Å²) in [5.74, 6) is 0. The van der Waals surface area contributed by atoms with Crippen LogP contribution in [0.4, 0.5) is 5.69 Å². The van der Waals surface area contributed by atoms with E-state index >= 15 is 0 Å². The van der Waals surface area contributed by atoms with Gasteiger partial charge in [-0.25, -0.2) is 5.43 Å². The Morgan fingerprint density at radius 1 is 1.15 bits per heavy atom. The quantitative estimate of drug-likeness (QED) is 0.680. The van der Waals surface area contributed by atoms with Crippen LogP contribution in [0, 0.1) is 0 Å². The molecule has 0 saturated carbocycles. The fourth-order valence-corrected chi connectivity index (χ4v) is 1.34. The third-order valence-electron chi connectivity index (χ3n) is 1.89. The molecule has 0 aliphatic carbocycles. The number of nitrogens with one attached hydrogen (secondary N) is 2. The molecule has 66 valence electrons. The molecule has 0 aliphatic rings. The van der Waals surface area contributed by atoms with Crippen LogP contribution in [0.15, 0.2) is 36.5 Å². The van der Waals surface area contributed by atoms with E-state index in [-0.39, 0.29) is 0 Å². The molecule has 2 rings (SSSR count). The first-order valence-electron chi connectivity index (χ1n) is 4.18. The zero-order valence-corrected chi connectivity index (χ0v) is 7.41. The molecular weight excluding hydrogens is 162 g/mol. The van der Waals surface area contributed by atoms with Gasteiger partial charge in [-0.15, -0.1) is 0 Å². The van der Waals surface area contributed by atoms with Gasteiger partial charge >= 0.3 is 0 Å². The first kappa shape index (κ1) is 8.01. The summed E-state index contributed by atoms with van der Waals surface area (Å²) < 4.78 is 0. The van der Waals surface area contributed by atoms with Crippen LogP contribution in [0.25, 0.3) is 10.9 Å². The second-order valence-electron chi connectivity index (χ2n) is 2.76. The van der Waals surface area contributed by atoms with Gasteiger partial charge in [0.2, 0.25) is 0 Å². The number of hydrogen-bond donors (Lipinski definition) is 2. The molecule has 0 unspecified atom stereocenters. The Kier molecular flexibility index (Phi) is 2.10. The lowest BCUT2D eigenvalue weighted by molar-refractivity contribution is 0.986. The molecule has 2 N–H and O–H groups in total. The Bertz CT molecular complexity index is 406. The van der Waals surface area contributed by atoms with Crippen molar-refractivity contribution in [2.75, 3.05) is 12.5 Å². The van der Waals surface area contributed by atoms with Crippen molar-refractivity contribution in [1.29, 1.82) is 0 Å². The van der Waals surface area contributed by atoms with Crippen molar-refractivity contribution in [3.63, 3.8) is 0 Å². The van der Waals surface area contributed by atoms with Crippen LogP contribution in [0.2, 0.25) is 0 Å². The highest BCUT2D eigenvalue weighted by atomic mass is 15.3. The van der Waals surface area contributed by atoms with E-state index in [1.54, 1.807) is 6.20 Å². The minimum Gasteiger partial charge on any atom is -0.320 e. The second kappa shape index (κ2) is 3.41. The first-order chi connectivity index (χ1) is 6.42. The molecule has 1 heterocycles. The summed E-state index contributed by atoms with van der Waals surface area (Å²) in [6.45, 7) is 0. The fourth-order valence-electron chi connectivity index (χ4n) is 1.34. The molecule has 0 atom stereocenters. The Balaban J connectivity index is 2.61. The van der Waals surface area contributed by atoms with E-state index < -0.39 is 0 Å². The normalized spacial score (nSPS) is 10.2. The molecule has 3 heteroatoms. The highest BCUT2D eigenvalue weighted by Gasteiger charge is 1.98. The van der Waals surface area contributed by atoms with Crippen molar-refractivity contribution in [1.82, 2.24) is 10.4 Å². The Morgan fingerprint density at radius 3 is 2.85 bits per heavy atom. The number of hydrazine groups is 1. The molecule has 1 aromatic carbocycles. The number of rotatable bonds is 2. The third kappa shape index (κ3) is 1.46. The maximum absolute atomic E-state index is 4.30. The van der Waals surface area contributed by atoms with Gasteiger partial charge in [0, 0.05) is 18.6 Å². The lowest BCUT2D eigenvalue weighted by atomic mass is 10.2. The number of anilines is 1. The minimum atomic E-state index is 0.986. The van der Waals surface area contributed by atoms with Crippen molar-refractivity contribution in [3.8, 4) is 0 Å². The molecule has 3 nitrogen and oxygen atoms in total. The molecule has 0 radical (unpaired) electrons. The predicted molar refractivity (Wildman–Crippen MR) is 54.4 cm³/mol. The number of pyridine rings is 1. The van der Waals surface area contributed by atoms with Crippen LogP contribution in [0.3, 0.4) is 0 Å². The van der Waals surface area contributed by atoms with Crippen LogP contribution in [-0.2, 0) is 0 Å². The number of benzene rings is 1. The van der Waals surface area contributed by atoms with Crippen molar-refractivity contribution < 1.29 is 0 Å². The van der Waals surface area contributed by atoms with Gasteiger partial charge in [0.25, 0.3) is 0 Å². The minimum absolute atomic E-state index is 0.986. The van der Waals surface area contributed by atoms with E-state index in [0.29, 0.717) is 0 Å². The van der Waals surface area contributed by atoms with Gasteiger partial charge < -0.3 is 5.43 Å². The van der Waals surface area contributed by atoms with Gasteiger partial charge in [0.1, 0.15) is 0 Å². The number of para-hydroxylation sites is 1. The van der Waals surface area contributed by atoms with Crippen molar-refractivity contribution >= 4 is 16.6 Å². The highest BCUT2D eigenvalue weighted by Crippen LogP contribution is 2.19. The summed E-state index contributed by atoms with van der Waals surface area (Å²) in [6.07, 6.45) is 1.79. The SMILES string of the molecule is CNNc1cccc2cccnc12. The van der Waals surface area contributed by atoms with Gasteiger partial charge in [-0.05, 0) is 12.1 Å². The van der Waals surface area contributed by atoms with Gasteiger partial charge in [0.15, 0.2) is 0 Å². The second-order valence-corrected chi connectivity index (χ2v) is 2.76. The van der Waals surface area contributed by atoms with Gasteiger partial charge in [-0.1, -0.05) is 18.2 Å². The Hall–Kier alpha value is -1.61.